The fraction of sp³-hybridized carbons (Fsp3) is 0.600. The van der Waals surface area contributed by atoms with E-state index < -0.39 is 5.54 Å². The highest BCUT2D eigenvalue weighted by Crippen LogP contribution is 2.27. The topological polar surface area (TPSA) is 41.5 Å². The van der Waals surface area contributed by atoms with Crippen molar-refractivity contribution in [2.24, 2.45) is 0 Å². The van der Waals surface area contributed by atoms with Crippen molar-refractivity contribution < 1.29 is 9.84 Å². The minimum absolute atomic E-state index is 0.0531. The molecule has 1 atom stereocenters. The number of hydrogen-bond donors (Lipinski definition) is 2. The van der Waals surface area contributed by atoms with Crippen molar-refractivity contribution in [3.8, 4) is 0 Å². The Labute approximate surface area is 109 Å². The Morgan fingerprint density at radius 3 is 2.56 bits per heavy atom. The number of aliphatic hydroxyl groups is 1. The molecule has 3 nitrogen and oxygen atoms in total. The lowest BCUT2D eigenvalue weighted by Gasteiger charge is -2.36. The molecule has 1 aliphatic rings. The van der Waals surface area contributed by atoms with E-state index in [9.17, 15) is 5.11 Å². The lowest BCUT2D eigenvalue weighted by Crippen LogP contribution is -2.50. The number of ether oxygens (including phenoxy) is 1. The van der Waals surface area contributed by atoms with Gasteiger partial charge in [0.15, 0.2) is 0 Å². The van der Waals surface area contributed by atoms with Gasteiger partial charge < -0.3 is 15.2 Å². The first-order valence-electron chi connectivity index (χ1n) is 6.84. The minimum Gasteiger partial charge on any atom is -0.394 e. The molecule has 1 aromatic rings. The number of likely N-dealkylation sites (N-methyl/N-ethyl adjacent to an activating group) is 1. The fourth-order valence-electron chi connectivity index (χ4n) is 2.32. The van der Waals surface area contributed by atoms with Gasteiger partial charge in [-0.3, -0.25) is 0 Å². The zero-order valence-electron chi connectivity index (χ0n) is 11.1. The lowest BCUT2D eigenvalue weighted by molar-refractivity contribution is -0.0438. The third kappa shape index (κ3) is 2.91. The quantitative estimate of drug-likeness (QED) is 0.777. The average molecular weight is 249 g/mol. The van der Waals surface area contributed by atoms with Crippen LogP contribution in [-0.4, -0.2) is 31.0 Å². The second kappa shape index (κ2) is 6.32. The van der Waals surface area contributed by atoms with Gasteiger partial charge >= 0.3 is 0 Å². The Morgan fingerprint density at radius 1 is 1.33 bits per heavy atom. The van der Waals surface area contributed by atoms with Crippen LogP contribution >= 0.6 is 0 Å². The molecular weight excluding hydrogens is 226 g/mol. The van der Waals surface area contributed by atoms with Gasteiger partial charge in [0.2, 0.25) is 0 Å². The van der Waals surface area contributed by atoms with Crippen LogP contribution in [-0.2, 0) is 10.3 Å². The lowest BCUT2D eigenvalue weighted by atomic mass is 9.90. The molecule has 1 fully saturated rings. The molecule has 100 valence electrons. The van der Waals surface area contributed by atoms with Gasteiger partial charge in [0.25, 0.3) is 0 Å². The van der Waals surface area contributed by atoms with Gasteiger partial charge in [-0.05, 0) is 31.4 Å². The molecule has 1 saturated carbocycles. The molecule has 0 saturated heterocycles. The average Bonchev–Trinajstić information content (AvgIpc) is 2.37. The predicted octanol–water partition coefficient (Wildman–Crippen LogP) is 2.05. The van der Waals surface area contributed by atoms with Crippen molar-refractivity contribution in [2.45, 2.75) is 37.8 Å². The zero-order valence-corrected chi connectivity index (χ0v) is 11.1. The molecule has 0 spiro atoms. The third-order valence-electron chi connectivity index (χ3n) is 3.73. The van der Waals surface area contributed by atoms with Crippen LogP contribution in [0.25, 0.3) is 0 Å². The van der Waals surface area contributed by atoms with Crippen molar-refractivity contribution in [1.29, 1.82) is 0 Å². The molecule has 1 aliphatic carbocycles. The maximum Gasteiger partial charge on any atom is 0.0906 e. The zero-order chi connectivity index (χ0) is 12.8. The summed E-state index contributed by atoms with van der Waals surface area (Å²) in [6, 6.07) is 10.1. The van der Waals surface area contributed by atoms with E-state index in [1.165, 1.54) is 6.42 Å². The van der Waals surface area contributed by atoms with Crippen molar-refractivity contribution >= 4 is 0 Å². The second-order valence-electron chi connectivity index (χ2n) is 5.00. The van der Waals surface area contributed by atoms with Crippen molar-refractivity contribution in [1.82, 2.24) is 5.32 Å². The van der Waals surface area contributed by atoms with Crippen LogP contribution in [0.1, 0.15) is 31.7 Å². The first-order valence-corrected chi connectivity index (χ1v) is 6.84. The Kier molecular flexibility index (Phi) is 4.75. The van der Waals surface area contributed by atoms with E-state index in [1.54, 1.807) is 0 Å². The summed E-state index contributed by atoms with van der Waals surface area (Å²) < 4.78 is 5.92. The Hall–Kier alpha value is -0.900. The molecule has 18 heavy (non-hydrogen) atoms. The largest absolute Gasteiger partial charge is 0.394 e. The maximum atomic E-state index is 9.82. The number of nitrogens with one attached hydrogen (secondary N) is 1. The standard InChI is InChI=1S/C15H23NO2/c1-2-16-15(11-17,12-18-14-9-6-10-14)13-7-4-3-5-8-13/h3-5,7-8,14,16-17H,2,6,9-12H2,1H3. The molecule has 0 radical (unpaired) electrons. The monoisotopic (exact) mass is 249 g/mol. The summed E-state index contributed by atoms with van der Waals surface area (Å²) in [6.45, 7) is 3.45. The van der Waals surface area contributed by atoms with Crippen LogP contribution in [0.2, 0.25) is 0 Å². The van der Waals surface area contributed by atoms with E-state index in [0.717, 1.165) is 24.9 Å². The Morgan fingerprint density at radius 2 is 2.06 bits per heavy atom. The van der Waals surface area contributed by atoms with Crippen molar-refractivity contribution in [3.05, 3.63) is 35.9 Å². The molecule has 3 heteroatoms. The van der Waals surface area contributed by atoms with Crippen LogP contribution < -0.4 is 5.32 Å². The van der Waals surface area contributed by atoms with Crippen molar-refractivity contribution in [2.75, 3.05) is 19.8 Å². The number of rotatable bonds is 7. The van der Waals surface area contributed by atoms with Crippen LogP contribution in [0.4, 0.5) is 0 Å². The molecule has 0 amide bonds. The normalized spacial score (nSPS) is 19.2. The number of benzene rings is 1. The summed E-state index contributed by atoms with van der Waals surface area (Å²) in [4.78, 5) is 0. The first kappa shape index (κ1) is 13.5. The van der Waals surface area contributed by atoms with E-state index in [0.29, 0.717) is 12.7 Å². The first-order chi connectivity index (χ1) is 8.80. The number of hydrogen-bond acceptors (Lipinski definition) is 3. The Bertz CT molecular complexity index is 351. The smallest absolute Gasteiger partial charge is 0.0906 e. The maximum absolute atomic E-state index is 9.82. The molecule has 2 rings (SSSR count). The summed E-state index contributed by atoms with van der Waals surface area (Å²) in [5.41, 5.74) is 0.625. The van der Waals surface area contributed by atoms with Crippen LogP contribution in [0.15, 0.2) is 30.3 Å². The highest BCUT2D eigenvalue weighted by Gasteiger charge is 2.32. The van der Waals surface area contributed by atoms with E-state index in [-0.39, 0.29) is 6.61 Å². The van der Waals surface area contributed by atoms with E-state index in [1.807, 2.05) is 30.3 Å². The van der Waals surface area contributed by atoms with Gasteiger partial charge in [-0.1, -0.05) is 37.3 Å². The van der Waals surface area contributed by atoms with Crippen molar-refractivity contribution in [3.63, 3.8) is 0 Å². The van der Waals surface area contributed by atoms with Gasteiger partial charge in [0.1, 0.15) is 0 Å². The molecule has 1 aromatic carbocycles. The molecule has 0 heterocycles. The van der Waals surface area contributed by atoms with Crippen LogP contribution in [0.5, 0.6) is 0 Å². The van der Waals surface area contributed by atoms with E-state index in [2.05, 4.69) is 12.2 Å². The molecule has 1 unspecified atom stereocenters. The van der Waals surface area contributed by atoms with E-state index in [4.69, 9.17) is 4.74 Å². The second-order valence-corrected chi connectivity index (χ2v) is 5.00. The van der Waals surface area contributed by atoms with E-state index >= 15 is 0 Å². The van der Waals surface area contributed by atoms with Gasteiger partial charge in [0, 0.05) is 0 Å². The van der Waals surface area contributed by atoms with Gasteiger partial charge in [-0.25, -0.2) is 0 Å². The summed E-state index contributed by atoms with van der Waals surface area (Å²) in [5, 5.41) is 13.2. The molecule has 0 aliphatic heterocycles. The summed E-state index contributed by atoms with van der Waals surface area (Å²) in [7, 11) is 0. The molecular formula is C15H23NO2. The Balaban J connectivity index is 2.10. The molecule has 0 bridgehead atoms. The highest BCUT2D eigenvalue weighted by atomic mass is 16.5. The number of aliphatic hydroxyl groups excluding tert-OH is 1. The van der Waals surface area contributed by atoms with Gasteiger partial charge in [0.05, 0.1) is 24.9 Å². The predicted molar refractivity (Wildman–Crippen MR) is 72.5 cm³/mol. The summed E-state index contributed by atoms with van der Waals surface area (Å²) in [5.74, 6) is 0. The third-order valence-corrected chi connectivity index (χ3v) is 3.73. The van der Waals surface area contributed by atoms with Gasteiger partial charge in [-0.15, -0.1) is 0 Å². The minimum atomic E-state index is -0.467. The van der Waals surface area contributed by atoms with Crippen LogP contribution in [0, 0.1) is 0 Å². The SMILES string of the molecule is CCNC(CO)(COC1CCC1)c1ccccc1. The van der Waals surface area contributed by atoms with Gasteiger partial charge in [-0.2, -0.15) is 0 Å². The molecule has 2 N–H and O–H groups in total. The summed E-state index contributed by atoms with van der Waals surface area (Å²) >= 11 is 0. The highest BCUT2D eigenvalue weighted by molar-refractivity contribution is 5.25. The molecule has 0 aromatic heterocycles. The summed E-state index contributed by atoms with van der Waals surface area (Å²) in [6.07, 6.45) is 3.96. The van der Waals surface area contributed by atoms with Crippen LogP contribution in [0.3, 0.4) is 0 Å². The fourth-order valence-corrected chi connectivity index (χ4v) is 2.32.